The van der Waals surface area contributed by atoms with Crippen molar-refractivity contribution in [3.8, 4) is 11.5 Å². The van der Waals surface area contributed by atoms with Crippen LogP contribution in [-0.2, 0) is 13.2 Å². The van der Waals surface area contributed by atoms with Gasteiger partial charge in [-0.15, -0.1) is 0 Å². The third kappa shape index (κ3) is 5.59. The van der Waals surface area contributed by atoms with Gasteiger partial charge in [-0.2, -0.15) is 0 Å². The smallest absolute Gasteiger partial charge is 0.335 e. The number of ether oxygens (including phenoxy) is 2. The minimum absolute atomic E-state index is 0.243. The second-order valence-electron chi connectivity index (χ2n) is 6.37. The quantitative estimate of drug-likeness (QED) is 0.355. The monoisotopic (exact) mass is 509 g/mol. The van der Waals surface area contributed by atoms with Crippen molar-refractivity contribution >= 4 is 50.8 Å². The summed E-state index contributed by atoms with van der Waals surface area (Å²) in [6.07, 6.45) is 0. The Morgan fingerprint density at radius 3 is 2.47 bits per heavy atom. The largest absolute Gasteiger partial charge is 0.493 e. The van der Waals surface area contributed by atoms with E-state index >= 15 is 0 Å². The van der Waals surface area contributed by atoms with Gasteiger partial charge < -0.3 is 19.9 Å². The maximum Gasteiger partial charge on any atom is 0.335 e. The number of benzene rings is 3. The van der Waals surface area contributed by atoms with Crippen LogP contribution in [0.25, 0.3) is 0 Å². The summed E-state index contributed by atoms with van der Waals surface area (Å²) in [4.78, 5) is 10.9. The van der Waals surface area contributed by atoms with Gasteiger partial charge in [0.2, 0.25) is 0 Å². The normalized spacial score (nSPS) is 10.5. The summed E-state index contributed by atoms with van der Waals surface area (Å²) < 4.78 is 12.2. The van der Waals surface area contributed by atoms with Gasteiger partial charge in [0.15, 0.2) is 11.5 Å². The Balaban J connectivity index is 1.70. The molecule has 0 atom stereocenters. The predicted molar refractivity (Wildman–Crippen MR) is 122 cm³/mol. The molecule has 0 aliphatic heterocycles. The van der Waals surface area contributed by atoms with E-state index < -0.39 is 5.97 Å². The number of nitrogens with one attached hydrogen (secondary N) is 1. The van der Waals surface area contributed by atoms with E-state index in [1.54, 1.807) is 43.5 Å². The Morgan fingerprint density at radius 1 is 1.10 bits per heavy atom. The summed E-state index contributed by atoms with van der Waals surface area (Å²) in [6.45, 7) is 0.781. The molecule has 0 saturated heterocycles. The topological polar surface area (TPSA) is 67.8 Å². The van der Waals surface area contributed by atoms with Crippen molar-refractivity contribution < 1.29 is 19.4 Å². The summed E-state index contributed by atoms with van der Waals surface area (Å²) in [5.41, 5.74) is 2.82. The fraction of sp³-hybridized carbons (Fsp3) is 0.136. The minimum Gasteiger partial charge on any atom is -0.493 e. The number of methoxy groups -OCH3 is 1. The first-order valence-corrected chi connectivity index (χ1v) is 10.4. The van der Waals surface area contributed by atoms with Crippen LogP contribution in [0.2, 0.25) is 10.0 Å². The molecule has 0 bridgehead atoms. The van der Waals surface area contributed by atoms with Crippen LogP contribution in [0.4, 0.5) is 5.69 Å². The van der Waals surface area contributed by atoms with Crippen LogP contribution >= 0.6 is 39.1 Å². The summed E-state index contributed by atoms with van der Waals surface area (Å²) in [5.74, 6) is 0.191. The number of hydrogen-bond acceptors (Lipinski definition) is 4. The van der Waals surface area contributed by atoms with Gasteiger partial charge in [0.1, 0.15) is 6.61 Å². The highest BCUT2D eigenvalue weighted by Crippen LogP contribution is 2.38. The van der Waals surface area contributed by atoms with E-state index in [-0.39, 0.29) is 12.2 Å². The number of aromatic carboxylic acids is 1. The first-order chi connectivity index (χ1) is 14.4. The van der Waals surface area contributed by atoms with Gasteiger partial charge in [-0.3, -0.25) is 0 Å². The molecular weight excluding hydrogens is 493 g/mol. The maximum atomic E-state index is 10.9. The van der Waals surface area contributed by atoms with Crippen molar-refractivity contribution in [1.29, 1.82) is 0 Å². The van der Waals surface area contributed by atoms with E-state index in [9.17, 15) is 4.79 Å². The van der Waals surface area contributed by atoms with Gasteiger partial charge in [-0.05, 0) is 70.0 Å². The second kappa shape index (κ2) is 10.1. The van der Waals surface area contributed by atoms with Crippen LogP contribution in [0.1, 0.15) is 21.5 Å². The lowest BCUT2D eigenvalue weighted by atomic mass is 10.1. The van der Waals surface area contributed by atoms with E-state index in [0.717, 1.165) is 21.3 Å². The van der Waals surface area contributed by atoms with Gasteiger partial charge >= 0.3 is 5.97 Å². The average Bonchev–Trinajstić information content (AvgIpc) is 2.72. The predicted octanol–water partition coefficient (Wildman–Crippen LogP) is 6.65. The van der Waals surface area contributed by atoms with Crippen molar-refractivity contribution in [2.45, 2.75) is 13.2 Å². The summed E-state index contributed by atoms with van der Waals surface area (Å²) >= 11 is 15.7. The Hall–Kier alpha value is -2.41. The zero-order valence-electron chi connectivity index (χ0n) is 15.9. The van der Waals surface area contributed by atoms with E-state index in [0.29, 0.717) is 28.1 Å². The number of rotatable bonds is 8. The lowest BCUT2D eigenvalue weighted by Crippen LogP contribution is -2.03. The number of carbonyl (C=O) groups is 1. The average molecular weight is 511 g/mol. The number of halogens is 3. The van der Waals surface area contributed by atoms with Crippen molar-refractivity contribution in [2.24, 2.45) is 0 Å². The van der Waals surface area contributed by atoms with E-state index in [1.807, 2.05) is 18.2 Å². The molecule has 0 fully saturated rings. The molecule has 0 spiro atoms. The summed E-state index contributed by atoms with van der Waals surface area (Å²) in [7, 11) is 1.58. The third-order valence-electron chi connectivity index (χ3n) is 4.30. The number of hydrogen-bond donors (Lipinski definition) is 2. The number of anilines is 1. The van der Waals surface area contributed by atoms with Crippen LogP contribution in [0.3, 0.4) is 0 Å². The van der Waals surface area contributed by atoms with Gasteiger partial charge in [0.25, 0.3) is 0 Å². The molecule has 8 heteroatoms. The standard InChI is InChI=1S/C22H18BrCl2NO4/c1-29-20-9-13(11-26-17-6-3-14(4-7-17)22(27)28)8-18(23)21(20)30-12-15-2-5-16(24)10-19(15)25/h2-10,26H,11-12H2,1H3,(H,27,28). The molecule has 0 aromatic heterocycles. The molecule has 5 nitrogen and oxygen atoms in total. The van der Waals surface area contributed by atoms with Gasteiger partial charge in [0.05, 0.1) is 17.1 Å². The van der Waals surface area contributed by atoms with Crippen molar-refractivity contribution in [2.75, 3.05) is 12.4 Å². The number of carboxylic acids is 1. The van der Waals surface area contributed by atoms with Crippen LogP contribution < -0.4 is 14.8 Å². The molecule has 3 aromatic carbocycles. The molecule has 2 N–H and O–H groups in total. The molecular formula is C22H18BrCl2NO4. The van der Waals surface area contributed by atoms with E-state index in [4.69, 9.17) is 37.8 Å². The molecule has 0 radical (unpaired) electrons. The number of carboxylic acid groups (broad SMARTS) is 1. The van der Waals surface area contributed by atoms with Crippen LogP contribution in [0.5, 0.6) is 11.5 Å². The summed E-state index contributed by atoms with van der Waals surface area (Å²) in [5, 5.41) is 13.3. The molecule has 0 saturated carbocycles. The second-order valence-corrected chi connectivity index (χ2v) is 8.07. The van der Waals surface area contributed by atoms with Crippen molar-refractivity contribution in [3.05, 3.63) is 85.8 Å². The van der Waals surface area contributed by atoms with E-state index in [2.05, 4.69) is 21.2 Å². The van der Waals surface area contributed by atoms with E-state index in [1.165, 1.54) is 0 Å². The highest BCUT2D eigenvalue weighted by molar-refractivity contribution is 9.10. The zero-order valence-corrected chi connectivity index (χ0v) is 19.0. The highest BCUT2D eigenvalue weighted by Gasteiger charge is 2.13. The first-order valence-electron chi connectivity index (χ1n) is 8.87. The molecule has 30 heavy (non-hydrogen) atoms. The Labute approximate surface area is 192 Å². The lowest BCUT2D eigenvalue weighted by Gasteiger charge is -2.16. The Morgan fingerprint density at radius 2 is 1.83 bits per heavy atom. The van der Waals surface area contributed by atoms with Crippen LogP contribution in [0.15, 0.2) is 59.1 Å². The third-order valence-corrected chi connectivity index (χ3v) is 5.48. The Kier molecular flexibility index (Phi) is 7.48. The molecule has 0 aliphatic rings. The highest BCUT2D eigenvalue weighted by atomic mass is 79.9. The molecule has 0 amide bonds. The molecule has 3 rings (SSSR count). The molecule has 0 unspecified atom stereocenters. The van der Waals surface area contributed by atoms with Crippen molar-refractivity contribution in [1.82, 2.24) is 0 Å². The van der Waals surface area contributed by atoms with Gasteiger partial charge in [0, 0.05) is 27.8 Å². The van der Waals surface area contributed by atoms with Crippen LogP contribution in [0, 0.1) is 0 Å². The fourth-order valence-corrected chi connectivity index (χ4v) is 3.81. The van der Waals surface area contributed by atoms with Crippen molar-refractivity contribution in [3.63, 3.8) is 0 Å². The van der Waals surface area contributed by atoms with Crippen LogP contribution in [-0.4, -0.2) is 18.2 Å². The Bertz CT molecular complexity index is 1060. The zero-order chi connectivity index (χ0) is 21.7. The minimum atomic E-state index is -0.953. The fourth-order valence-electron chi connectivity index (χ4n) is 2.74. The molecule has 0 aliphatic carbocycles. The van der Waals surface area contributed by atoms with Gasteiger partial charge in [-0.25, -0.2) is 4.79 Å². The SMILES string of the molecule is COc1cc(CNc2ccc(C(=O)O)cc2)cc(Br)c1OCc1ccc(Cl)cc1Cl. The maximum absolute atomic E-state index is 10.9. The summed E-state index contributed by atoms with van der Waals surface area (Å²) in [6, 6.07) is 15.6. The molecule has 0 heterocycles. The first kappa shape index (κ1) is 22.3. The molecule has 156 valence electrons. The lowest BCUT2D eigenvalue weighted by molar-refractivity contribution is 0.0697. The molecule has 3 aromatic rings. The van der Waals surface area contributed by atoms with Gasteiger partial charge in [-0.1, -0.05) is 29.3 Å².